The summed E-state index contributed by atoms with van der Waals surface area (Å²) >= 11 is 5.80. The normalized spacial score (nSPS) is 11.8. The van der Waals surface area contributed by atoms with Crippen LogP contribution in [0.25, 0.3) is 0 Å². The number of hydrogen-bond acceptors (Lipinski definition) is 5. The van der Waals surface area contributed by atoms with Crippen LogP contribution in [0.15, 0.2) is 18.2 Å². The first-order valence-corrected chi connectivity index (χ1v) is 7.02. The number of halogens is 4. The highest BCUT2D eigenvalue weighted by Gasteiger charge is 2.31. The molecule has 7 nitrogen and oxygen atoms in total. The Labute approximate surface area is 145 Å². The predicted molar refractivity (Wildman–Crippen MR) is 79.9 cm³/mol. The average Bonchev–Trinajstić information content (AvgIpc) is 2.46. The number of rotatable bonds is 4. The van der Waals surface area contributed by atoms with E-state index in [1.807, 2.05) is 0 Å². The molecular weight excluding hydrogens is 371 g/mol. The minimum absolute atomic E-state index is 0.0737. The minimum atomic E-state index is -4.48. The van der Waals surface area contributed by atoms with Gasteiger partial charge >= 0.3 is 24.1 Å². The number of nitrogens with two attached hydrogens (primary N) is 1. The molecule has 0 fully saturated rings. The summed E-state index contributed by atoms with van der Waals surface area (Å²) in [5.74, 6) is -4.23. The zero-order valence-corrected chi connectivity index (χ0v) is 13.6. The lowest BCUT2D eigenvalue weighted by molar-refractivity contribution is -0.159. The zero-order chi connectivity index (χ0) is 19.8. The molecule has 0 saturated heterocycles. The van der Waals surface area contributed by atoms with Gasteiger partial charge in [0, 0.05) is 11.1 Å². The maximum Gasteiger partial charge on any atom is 0.416 e. The zero-order valence-electron chi connectivity index (χ0n) is 12.8. The summed E-state index contributed by atoms with van der Waals surface area (Å²) in [4.78, 5) is 29.5. The van der Waals surface area contributed by atoms with Gasteiger partial charge in [-0.3, -0.25) is 4.79 Å². The van der Waals surface area contributed by atoms with Crippen molar-refractivity contribution in [3.05, 3.63) is 34.3 Å². The van der Waals surface area contributed by atoms with Gasteiger partial charge in [-0.15, -0.1) is 0 Å². The fourth-order valence-corrected chi connectivity index (χ4v) is 1.77. The van der Waals surface area contributed by atoms with E-state index in [9.17, 15) is 18.0 Å². The monoisotopic (exact) mass is 385 g/mol. The number of benzene rings is 1. The van der Waals surface area contributed by atoms with E-state index in [2.05, 4.69) is 4.74 Å². The molecule has 140 valence electrons. The molecule has 0 aromatic heterocycles. The van der Waals surface area contributed by atoms with Crippen LogP contribution in [-0.2, 0) is 25.3 Å². The van der Waals surface area contributed by atoms with Crippen molar-refractivity contribution in [2.24, 2.45) is 5.73 Å². The van der Waals surface area contributed by atoms with Crippen molar-refractivity contribution in [3.63, 3.8) is 0 Å². The largest absolute Gasteiger partial charge is 0.473 e. The third-order valence-corrected chi connectivity index (χ3v) is 2.94. The molecule has 1 aromatic rings. The van der Waals surface area contributed by atoms with E-state index >= 15 is 0 Å². The van der Waals surface area contributed by atoms with Crippen LogP contribution < -0.4 is 5.73 Å². The van der Waals surface area contributed by atoms with Crippen molar-refractivity contribution in [2.75, 3.05) is 6.61 Å². The lowest BCUT2D eigenvalue weighted by Gasteiger charge is -2.15. The predicted octanol–water partition coefficient (Wildman–Crippen LogP) is 2.47. The van der Waals surface area contributed by atoms with Gasteiger partial charge in [0.25, 0.3) is 0 Å². The molecule has 0 bridgehead atoms. The first-order chi connectivity index (χ1) is 11.4. The second kappa shape index (κ2) is 9.84. The van der Waals surface area contributed by atoms with Crippen molar-refractivity contribution in [3.8, 4) is 0 Å². The molecule has 0 aliphatic carbocycles. The maximum absolute atomic E-state index is 12.6. The molecule has 1 rings (SSSR count). The molecule has 1 aromatic carbocycles. The summed E-state index contributed by atoms with van der Waals surface area (Å²) in [6.07, 6.45) is -4.71. The summed E-state index contributed by atoms with van der Waals surface area (Å²) < 4.78 is 42.4. The fourth-order valence-electron chi connectivity index (χ4n) is 1.51. The smallest absolute Gasteiger partial charge is 0.416 e. The van der Waals surface area contributed by atoms with E-state index in [1.54, 1.807) is 6.92 Å². The molecule has 0 aliphatic heterocycles. The van der Waals surface area contributed by atoms with Gasteiger partial charge in [-0.1, -0.05) is 11.6 Å². The summed E-state index contributed by atoms with van der Waals surface area (Å²) in [6, 6.07) is 1.90. The Morgan fingerprint density at radius 1 is 1.24 bits per heavy atom. The fraction of sp³-hybridized carbons (Fsp3) is 0.357. The van der Waals surface area contributed by atoms with Gasteiger partial charge in [0.2, 0.25) is 0 Å². The molecule has 11 heteroatoms. The number of carboxylic acids is 2. The Balaban J connectivity index is 0.000000823. The highest BCUT2D eigenvalue weighted by Crippen LogP contribution is 2.33. The van der Waals surface area contributed by atoms with Gasteiger partial charge in [-0.05, 0) is 30.7 Å². The molecule has 0 amide bonds. The summed E-state index contributed by atoms with van der Waals surface area (Å²) in [5, 5.41) is 14.9. The first-order valence-electron chi connectivity index (χ1n) is 6.64. The average molecular weight is 386 g/mol. The molecular formula is C14H15ClF3NO6. The van der Waals surface area contributed by atoms with Crippen molar-refractivity contribution >= 4 is 29.5 Å². The number of carbonyl (C=O) groups is 3. The number of ether oxygens (including phenoxy) is 1. The second-order valence-corrected chi connectivity index (χ2v) is 4.87. The summed E-state index contributed by atoms with van der Waals surface area (Å²) in [7, 11) is 0. The van der Waals surface area contributed by atoms with Crippen LogP contribution in [0.3, 0.4) is 0 Å². The van der Waals surface area contributed by atoms with Crippen LogP contribution in [0, 0.1) is 0 Å². The van der Waals surface area contributed by atoms with E-state index in [1.165, 1.54) is 0 Å². The lowest BCUT2D eigenvalue weighted by atomic mass is 10.0. The maximum atomic E-state index is 12.6. The molecule has 0 heterocycles. The Kier molecular flexibility index (Phi) is 8.93. The van der Waals surface area contributed by atoms with Crippen LogP contribution in [0.4, 0.5) is 13.2 Å². The third-order valence-electron chi connectivity index (χ3n) is 2.60. The van der Waals surface area contributed by atoms with E-state index in [0.717, 1.165) is 18.2 Å². The van der Waals surface area contributed by atoms with Gasteiger partial charge in [0.1, 0.15) is 0 Å². The van der Waals surface area contributed by atoms with Gasteiger partial charge in [0.15, 0.2) is 0 Å². The topological polar surface area (TPSA) is 127 Å². The van der Waals surface area contributed by atoms with Crippen LogP contribution in [0.2, 0.25) is 5.02 Å². The second-order valence-electron chi connectivity index (χ2n) is 4.46. The molecule has 0 radical (unpaired) electrons. The Hall–Kier alpha value is -2.33. The highest BCUT2D eigenvalue weighted by atomic mass is 35.5. The molecule has 0 aliphatic rings. The number of hydrogen-bond donors (Lipinski definition) is 3. The standard InChI is InChI=1S/C12H13ClF3NO2.C2H2O4/c1-2-19-11(18)6-10(17)8-5-7(12(14,15)16)3-4-9(8)13;3-1(4)2(5)6/h3-5,10H,2,6,17H2,1H3;(H,3,4)(H,5,6). The molecule has 25 heavy (non-hydrogen) atoms. The number of aliphatic carboxylic acids is 2. The van der Waals surface area contributed by atoms with Crippen LogP contribution in [-0.4, -0.2) is 34.7 Å². The number of alkyl halides is 3. The van der Waals surface area contributed by atoms with E-state index in [4.69, 9.17) is 37.1 Å². The number of esters is 1. The molecule has 4 N–H and O–H groups in total. The minimum Gasteiger partial charge on any atom is -0.473 e. The van der Waals surface area contributed by atoms with Crippen molar-refractivity contribution < 1.29 is 42.5 Å². The Morgan fingerprint density at radius 2 is 1.76 bits per heavy atom. The number of carbonyl (C=O) groups excluding carboxylic acids is 1. The molecule has 0 saturated carbocycles. The van der Waals surface area contributed by atoms with Crippen molar-refractivity contribution in [1.29, 1.82) is 0 Å². The lowest BCUT2D eigenvalue weighted by Crippen LogP contribution is -2.18. The van der Waals surface area contributed by atoms with Gasteiger partial charge in [-0.25, -0.2) is 9.59 Å². The van der Waals surface area contributed by atoms with Crippen molar-refractivity contribution in [2.45, 2.75) is 25.6 Å². The van der Waals surface area contributed by atoms with Gasteiger partial charge in [-0.2, -0.15) is 13.2 Å². The molecule has 1 unspecified atom stereocenters. The van der Waals surface area contributed by atoms with Gasteiger partial charge in [0.05, 0.1) is 18.6 Å². The van der Waals surface area contributed by atoms with Crippen molar-refractivity contribution in [1.82, 2.24) is 0 Å². The highest BCUT2D eigenvalue weighted by molar-refractivity contribution is 6.31. The van der Waals surface area contributed by atoms with Crippen LogP contribution in [0.5, 0.6) is 0 Å². The van der Waals surface area contributed by atoms with Crippen LogP contribution >= 0.6 is 11.6 Å². The molecule has 1 atom stereocenters. The number of carboxylic acid groups (broad SMARTS) is 2. The SMILES string of the molecule is CCOC(=O)CC(N)c1cc(C(F)(F)F)ccc1Cl.O=C(O)C(=O)O. The van der Waals surface area contributed by atoms with Crippen LogP contribution in [0.1, 0.15) is 30.5 Å². The Bertz CT molecular complexity index is 623. The van der Waals surface area contributed by atoms with E-state index in [-0.39, 0.29) is 23.6 Å². The summed E-state index contributed by atoms with van der Waals surface area (Å²) in [5.41, 5.74) is 4.90. The van der Waals surface area contributed by atoms with Gasteiger partial charge < -0.3 is 20.7 Å². The summed E-state index contributed by atoms with van der Waals surface area (Å²) in [6.45, 7) is 1.81. The Morgan fingerprint density at radius 3 is 2.16 bits per heavy atom. The van der Waals surface area contributed by atoms with E-state index in [0.29, 0.717) is 0 Å². The molecule has 0 spiro atoms. The third kappa shape index (κ3) is 8.36. The van der Waals surface area contributed by atoms with E-state index < -0.39 is 35.7 Å². The first kappa shape index (κ1) is 22.7. The quantitative estimate of drug-likeness (QED) is 0.536.